The zero-order chi connectivity index (χ0) is 35.9. The number of amides is 5. The smallest absolute Gasteiger partial charge is 0.410 e. The number of allylic oxidation sites excluding steroid dienone is 1. The molecule has 0 aromatic heterocycles. The van der Waals surface area contributed by atoms with Gasteiger partial charge in [-0.3, -0.25) is 28.8 Å². The Morgan fingerprint density at radius 1 is 1.04 bits per heavy atom. The molecule has 1 aromatic carbocycles. The Labute approximate surface area is 298 Å². The summed E-state index contributed by atoms with van der Waals surface area (Å²) >= 11 is 0. The summed E-state index contributed by atoms with van der Waals surface area (Å²) < 4.78 is 33.5. The van der Waals surface area contributed by atoms with Crippen molar-refractivity contribution in [1.82, 2.24) is 25.2 Å². The van der Waals surface area contributed by atoms with Crippen LogP contribution in [0.3, 0.4) is 0 Å². The maximum absolute atomic E-state index is 14.5. The lowest BCUT2D eigenvalue weighted by Gasteiger charge is -2.32. The van der Waals surface area contributed by atoms with Crippen molar-refractivity contribution in [3.63, 3.8) is 0 Å². The van der Waals surface area contributed by atoms with Crippen molar-refractivity contribution < 1.29 is 37.1 Å². The molecule has 6 aliphatic rings. The predicted octanol–water partition coefficient (Wildman–Crippen LogP) is 3.04. The van der Waals surface area contributed by atoms with E-state index in [0.717, 1.165) is 55.2 Å². The van der Waals surface area contributed by atoms with E-state index in [9.17, 15) is 32.4 Å². The number of hydrogen-bond donors (Lipinski definition) is 3. The molecule has 4 fully saturated rings. The predicted molar refractivity (Wildman–Crippen MR) is 187 cm³/mol. The summed E-state index contributed by atoms with van der Waals surface area (Å²) in [5, 5.41) is 5.15. The van der Waals surface area contributed by atoms with Crippen LogP contribution < -0.4 is 15.4 Å². The number of rotatable bonds is 7. The molecular formula is C37H47N5O8S. The minimum atomic E-state index is -3.89. The highest BCUT2D eigenvalue weighted by atomic mass is 32.2. The van der Waals surface area contributed by atoms with Crippen LogP contribution in [0.25, 0.3) is 6.08 Å². The van der Waals surface area contributed by atoms with Crippen molar-refractivity contribution in [1.29, 1.82) is 0 Å². The van der Waals surface area contributed by atoms with E-state index < -0.39 is 68.7 Å². The van der Waals surface area contributed by atoms with Crippen LogP contribution in [0.15, 0.2) is 36.9 Å². The fourth-order valence-electron chi connectivity index (χ4n) is 8.20. The van der Waals surface area contributed by atoms with Crippen LogP contribution in [0.2, 0.25) is 0 Å². The van der Waals surface area contributed by atoms with E-state index in [2.05, 4.69) is 34.1 Å². The summed E-state index contributed by atoms with van der Waals surface area (Å²) in [7, 11) is -3.89. The van der Waals surface area contributed by atoms with E-state index in [1.165, 1.54) is 11.0 Å². The van der Waals surface area contributed by atoms with Gasteiger partial charge in [-0.15, -0.1) is 6.58 Å². The summed E-state index contributed by atoms with van der Waals surface area (Å²) in [5.74, 6) is -2.78. The lowest BCUT2D eigenvalue weighted by Crippen LogP contribution is -2.59. The molecule has 3 N–H and O–H groups in total. The molecule has 3 aliphatic carbocycles. The standard InChI is InChI=1S/C37H47N5O8S/c1-2-26-19-37(26,35(46)40-51(48,49)28-16-17-28)39-33(44)30-18-27-21-42(30)34(45)32(24-11-7-8-12-24)38-31(43)15-6-4-3-5-10-23-13-9-14-25-20-41(22-29(23)25)36(47)50-27/h2,5,9-10,13-14,24,26-28,30,32H,1,3-4,6-8,11-12,15-22H2,(H,38,43)(H,39,44)(H,40,46)/t26-,27-,30+,32+,37-/m1/s1. The van der Waals surface area contributed by atoms with Gasteiger partial charge in [0.15, 0.2) is 0 Å². The van der Waals surface area contributed by atoms with Gasteiger partial charge in [-0.25, -0.2) is 13.2 Å². The van der Waals surface area contributed by atoms with Crippen LogP contribution in [-0.4, -0.2) is 83.5 Å². The Balaban J connectivity index is 1.16. The van der Waals surface area contributed by atoms with Crippen molar-refractivity contribution in [2.45, 2.75) is 119 Å². The minimum Gasteiger partial charge on any atom is -0.444 e. The first kappa shape index (κ1) is 35.2. The molecule has 1 saturated heterocycles. The van der Waals surface area contributed by atoms with Crippen LogP contribution in [0.5, 0.6) is 0 Å². The molecule has 51 heavy (non-hydrogen) atoms. The Kier molecular flexibility index (Phi) is 9.72. The van der Waals surface area contributed by atoms with Gasteiger partial charge < -0.3 is 20.3 Å². The average molecular weight is 722 g/mol. The highest BCUT2D eigenvalue weighted by molar-refractivity contribution is 7.91. The van der Waals surface area contributed by atoms with E-state index in [1.54, 1.807) is 4.90 Å². The van der Waals surface area contributed by atoms with E-state index in [1.807, 2.05) is 18.2 Å². The van der Waals surface area contributed by atoms with Crippen molar-refractivity contribution in [3.05, 3.63) is 53.6 Å². The molecule has 14 heteroatoms. The fraction of sp³-hybridized carbons (Fsp3) is 0.595. The van der Waals surface area contributed by atoms with Gasteiger partial charge in [-0.1, -0.05) is 49.3 Å². The van der Waals surface area contributed by atoms with Crippen LogP contribution in [0.4, 0.5) is 4.79 Å². The zero-order valence-corrected chi connectivity index (χ0v) is 29.6. The topological polar surface area (TPSA) is 171 Å². The number of sulfonamides is 1. The molecule has 3 heterocycles. The number of fused-ring (bicyclic) bond motifs is 3. The van der Waals surface area contributed by atoms with Gasteiger partial charge in [-0.2, -0.15) is 0 Å². The molecule has 7 rings (SSSR count). The average Bonchev–Trinajstić information content (AvgIpc) is 3.88. The summed E-state index contributed by atoms with van der Waals surface area (Å²) in [6, 6.07) is 3.96. The summed E-state index contributed by atoms with van der Waals surface area (Å²) in [6.07, 6.45) is 11.1. The van der Waals surface area contributed by atoms with E-state index >= 15 is 0 Å². The molecule has 3 saturated carbocycles. The van der Waals surface area contributed by atoms with Gasteiger partial charge in [0.1, 0.15) is 23.7 Å². The number of nitrogens with zero attached hydrogens (tertiary/aromatic N) is 2. The first-order valence-corrected chi connectivity index (χ1v) is 19.9. The molecule has 5 atom stereocenters. The van der Waals surface area contributed by atoms with Crippen LogP contribution in [0, 0.1) is 11.8 Å². The number of hydrogen-bond acceptors (Lipinski definition) is 8. The zero-order valence-electron chi connectivity index (χ0n) is 28.8. The first-order chi connectivity index (χ1) is 24.5. The number of ether oxygens (including phenoxy) is 1. The van der Waals surface area contributed by atoms with Gasteiger partial charge in [0, 0.05) is 25.3 Å². The number of nitrogens with one attached hydrogen (secondary N) is 3. The maximum atomic E-state index is 14.5. The molecule has 13 nitrogen and oxygen atoms in total. The van der Waals surface area contributed by atoms with Gasteiger partial charge in [0.05, 0.1) is 18.3 Å². The van der Waals surface area contributed by atoms with Gasteiger partial charge in [0.2, 0.25) is 27.7 Å². The fourth-order valence-corrected chi connectivity index (χ4v) is 9.56. The molecule has 4 bridgehead atoms. The third-order valence-electron chi connectivity index (χ3n) is 11.4. The van der Waals surface area contributed by atoms with Crippen molar-refractivity contribution in [3.8, 4) is 0 Å². The number of benzene rings is 1. The normalized spacial score (nSPS) is 30.2. The van der Waals surface area contributed by atoms with Crippen molar-refractivity contribution >= 4 is 45.8 Å². The second-order valence-electron chi connectivity index (χ2n) is 15.0. The van der Waals surface area contributed by atoms with Crippen LogP contribution in [0.1, 0.15) is 93.7 Å². The largest absolute Gasteiger partial charge is 0.444 e. The van der Waals surface area contributed by atoms with Crippen molar-refractivity contribution in [2.75, 3.05) is 6.54 Å². The molecular weight excluding hydrogens is 675 g/mol. The Bertz CT molecular complexity index is 1750. The minimum absolute atomic E-state index is 0.0275. The number of carbonyl (C=O) groups is 5. The van der Waals surface area contributed by atoms with E-state index in [0.29, 0.717) is 32.4 Å². The molecule has 5 amide bonds. The van der Waals surface area contributed by atoms with Gasteiger partial charge in [0.25, 0.3) is 5.91 Å². The Morgan fingerprint density at radius 2 is 1.82 bits per heavy atom. The Morgan fingerprint density at radius 3 is 2.55 bits per heavy atom. The maximum Gasteiger partial charge on any atom is 0.410 e. The van der Waals surface area contributed by atoms with Crippen molar-refractivity contribution in [2.24, 2.45) is 11.8 Å². The second-order valence-corrected chi connectivity index (χ2v) is 17.0. The highest BCUT2D eigenvalue weighted by Crippen LogP contribution is 2.45. The third-order valence-corrected chi connectivity index (χ3v) is 13.2. The molecule has 1 aromatic rings. The van der Waals surface area contributed by atoms with Crippen LogP contribution in [-0.2, 0) is 47.0 Å². The van der Waals surface area contributed by atoms with Gasteiger partial charge >= 0.3 is 6.09 Å². The molecule has 0 spiro atoms. The van der Waals surface area contributed by atoms with Crippen LogP contribution >= 0.6 is 0 Å². The lowest BCUT2D eigenvalue weighted by molar-refractivity contribution is -0.143. The number of carbonyl (C=O) groups excluding carboxylic acids is 5. The molecule has 0 radical (unpaired) electrons. The molecule has 0 unspecified atom stereocenters. The monoisotopic (exact) mass is 721 g/mol. The van der Waals surface area contributed by atoms with E-state index in [-0.39, 0.29) is 37.6 Å². The summed E-state index contributed by atoms with van der Waals surface area (Å²) in [5.41, 5.74) is 1.54. The quantitative estimate of drug-likeness (QED) is 0.361. The van der Waals surface area contributed by atoms with E-state index in [4.69, 9.17) is 4.74 Å². The SMILES string of the molecule is C=C[C@@H]1C[C@]1(NC(=O)[C@@H]1C[C@@H]2CN1C(=O)[C@H](C1CCCC1)NC(=O)CCCCC=Cc1cccc3c1CN(C3)C(=O)O2)C(=O)NS(=O)(=O)C1CC1. The Hall–Kier alpha value is -4.20. The second kappa shape index (κ2) is 14.1. The molecule has 274 valence electrons. The third kappa shape index (κ3) is 7.29. The summed E-state index contributed by atoms with van der Waals surface area (Å²) in [4.78, 5) is 72.0. The molecule has 3 aliphatic heterocycles. The van der Waals surface area contributed by atoms with Gasteiger partial charge in [-0.05, 0) is 74.0 Å². The highest BCUT2D eigenvalue weighted by Gasteiger charge is 2.62. The first-order valence-electron chi connectivity index (χ1n) is 18.3. The lowest BCUT2D eigenvalue weighted by atomic mass is 9.96. The summed E-state index contributed by atoms with van der Waals surface area (Å²) in [6.45, 7) is 4.43.